The lowest BCUT2D eigenvalue weighted by molar-refractivity contribution is 0.0888. The molecule has 0 fully saturated rings. The Hall–Kier alpha value is -2.04. The molecule has 0 unspecified atom stereocenters. The maximum absolute atomic E-state index is 5.63. The fourth-order valence-electron chi connectivity index (χ4n) is 1.81. The van der Waals surface area contributed by atoms with Gasteiger partial charge in [-0.1, -0.05) is 36.4 Å². The molecule has 0 saturated heterocycles. The van der Waals surface area contributed by atoms with Crippen molar-refractivity contribution >= 4 is 0 Å². The van der Waals surface area contributed by atoms with Crippen LogP contribution >= 0.6 is 0 Å². The smallest absolute Gasteiger partial charge is 0.123 e. The molecule has 0 saturated carbocycles. The van der Waals surface area contributed by atoms with Crippen molar-refractivity contribution in [3.63, 3.8) is 0 Å². The fraction of sp³-hybridized carbons (Fsp3) is 0.294. The third-order valence-electron chi connectivity index (χ3n) is 2.80. The van der Waals surface area contributed by atoms with Crippen molar-refractivity contribution in [2.75, 3.05) is 26.4 Å². The average molecular weight is 287 g/mol. The van der Waals surface area contributed by atoms with Crippen LogP contribution in [0.2, 0.25) is 0 Å². The normalized spacial score (nSPS) is 10.3. The molecule has 2 N–H and O–H groups in total. The van der Waals surface area contributed by atoms with Crippen LogP contribution in [0.4, 0.5) is 0 Å². The van der Waals surface area contributed by atoms with E-state index in [1.165, 1.54) is 0 Å². The fourth-order valence-corrected chi connectivity index (χ4v) is 1.81. The van der Waals surface area contributed by atoms with Gasteiger partial charge in [-0.2, -0.15) is 0 Å². The van der Waals surface area contributed by atoms with Crippen molar-refractivity contribution in [2.24, 2.45) is 5.73 Å². The van der Waals surface area contributed by atoms with E-state index in [2.05, 4.69) is 0 Å². The molecule has 0 amide bonds. The second-order valence-corrected chi connectivity index (χ2v) is 4.50. The molecule has 0 aliphatic heterocycles. The first kappa shape index (κ1) is 15.4. The number of benzene rings is 2. The Kier molecular flexibility index (Phi) is 6.58. The predicted octanol–water partition coefficient (Wildman–Crippen LogP) is 2.62. The minimum absolute atomic E-state index is 0.498. The molecule has 2 aromatic carbocycles. The van der Waals surface area contributed by atoms with E-state index < -0.39 is 0 Å². The van der Waals surface area contributed by atoms with Gasteiger partial charge in [0, 0.05) is 12.6 Å². The van der Waals surface area contributed by atoms with Crippen molar-refractivity contribution in [2.45, 2.75) is 6.61 Å². The monoisotopic (exact) mass is 287 g/mol. The van der Waals surface area contributed by atoms with Gasteiger partial charge in [0.05, 0.1) is 13.2 Å². The largest absolute Gasteiger partial charge is 0.492 e. The molecular weight excluding hydrogens is 266 g/mol. The van der Waals surface area contributed by atoms with Crippen LogP contribution in [-0.4, -0.2) is 26.4 Å². The van der Waals surface area contributed by atoms with Crippen LogP contribution in [0.25, 0.3) is 0 Å². The molecule has 0 radical (unpaired) electrons. The zero-order valence-corrected chi connectivity index (χ0v) is 12.0. The maximum atomic E-state index is 5.63. The van der Waals surface area contributed by atoms with Gasteiger partial charge in [-0.05, 0) is 17.7 Å². The number of hydrogen-bond donors (Lipinski definition) is 1. The van der Waals surface area contributed by atoms with Crippen LogP contribution in [0.1, 0.15) is 5.56 Å². The van der Waals surface area contributed by atoms with E-state index in [4.69, 9.17) is 19.9 Å². The third-order valence-corrected chi connectivity index (χ3v) is 2.80. The first-order chi connectivity index (χ1) is 10.4. The van der Waals surface area contributed by atoms with Crippen LogP contribution < -0.4 is 15.2 Å². The minimum atomic E-state index is 0.498. The number of rotatable bonds is 9. The SMILES string of the molecule is NCCOc1cccc(OCCOCc2ccccc2)c1. The van der Waals surface area contributed by atoms with E-state index >= 15 is 0 Å². The van der Waals surface area contributed by atoms with E-state index in [0.29, 0.717) is 33.0 Å². The van der Waals surface area contributed by atoms with Gasteiger partial charge in [-0.25, -0.2) is 0 Å². The summed E-state index contributed by atoms with van der Waals surface area (Å²) in [5.41, 5.74) is 6.56. The quantitative estimate of drug-likeness (QED) is 0.720. The second-order valence-electron chi connectivity index (χ2n) is 4.50. The van der Waals surface area contributed by atoms with Crippen molar-refractivity contribution < 1.29 is 14.2 Å². The van der Waals surface area contributed by atoms with Gasteiger partial charge in [0.15, 0.2) is 0 Å². The Labute approximate surface area is 125 Å². The molecule has 0 bridgehead atoms. The van der Waals surface area contributed by atoms with Crippen LogP contribution in [0.5, 0.6) is 11.5 Å². The topological polar surface area (TPSA) is 53.7 Å². The molecule has 4 nitrogen and oxygen atoms in total. The first-order valence-corrected chi connectivity index (χ1v) is 7.06. The van der Waals surface area contributed by atoms with Crippen LogP contribution in [0, 0.1) is 0 Å². The van der Waals surface area contributed by atoms with E-state index in [9.17, 15) is 0 Å². The van der Waals surface area contributed by atoms with E-state index in [-0.39, 0.29) is 0 Å². The molecule has 4 heteroatoms. The highest BCUT2D eigenvalue weighted by molar-refractivity contribution is 5.32. The van der Waals surface area contributed by atoms with Gasteiger partial charge >= 0.3 is 0 Å². The lowest BCUT2D eigenvalue weighted by Gasteiger charge is -2.09. The third kappa shape index (κ3) is 5.85. The Morgan fingerprint density at radius 2 is 1.48 bits per heavy atom. The molecule has 2 rings (SSSR count). The highest BCUT2D eigenvalue weighted by atomic mass is 16.5. The maximum Gasteiger partial charge on any atom is 0.123 e. The minimum Gasteiger partial charge on any atom is -0.492 e. The van der Waals surface area contributed by atoms with Crippen molar-refractivity contribution in [3.8, 4) is 11.5 Å². The number of nitrogens with two attached hydrogens (primary N) is 1. The summed E-state index contributed by atoms with van der Waals surface area (Å²) in [4.78, 5) is 0. The lowest BCUT2D eigenvalue weighted by atomic mass is 10.2. The summed E-state index contributed by atoms with van der Waals surface area (Å²) in [7, 11) is 0. The van der Waals surface area contributed by atoms with Crippen LogP contribution in [0.15, 0.2) is 54.6 Å². The van der Waals surface area contributed by atoms with Gasteiger partial charge in [0.1, 0.15) is 24.7 Å². The van der Waals surface area contributed by atoms with Crippen molar-refractivity contribution in [1.82, 2.24) is 0 Å². The summed E-state index contributed by atoms with van der Waals surface area (Å²) < 4.78 is 16.6. The number of hydrogen-bond acceptors (Lipinski definition) is 4. The van der Waals surface area contributed by atoms with Crippen molar-refractivity contribution in [1.29, 1.82) is 0 Å². The summed E-state index contributed by atoms with van der Waals surface area (Å²) in [5.74, 6) is 1.54. The van der Waals surface area contributed by atoms with Gasteiger partial charge < -0.3 is 19.9 Å². The average Bonchev–Trinajstić information content (AvgIpc) is 2.54. The van der Waals surface area contributed by atoms with Crippen LogP contribution in [-0.2, 0) is 11.3 Å². The van der Waals surface area contributed by atoms with E-state index in [0.717, 1.165) is 17.1 Å². The molecule has 21 heavy (non-hydrogen) atoms. The first-order valence-electron chi connectivity index (χ1n) is 7.06. The van der Waals surface area contributed by atoms with Gasteiger partial charge in [0.25, 0.3) is 0 Å². The Bertz CT molecular complexity index is 516. The highest BCUT2D eigenvalue weighted by Crippen LogP contribution is 2.19. The Morgan fingerprint density at radius 1 is 0.762 bits per heavy atom. The lowest BCUT2D eigenvalue weighted by Crippen LogP contribution is -2.10. The number of ether oxygens (including phenoxy) is 3. The predicted molar refractivity (Wildman–Crippen MR) is 82.6 cm³/mol. The molecule has 0 atom stereocenters. The molecule has 112 valence electrons. The van der Waals surface area contributed by atoms with Crippen LogP contribution in [0.3, 0.4) is 0 Å². The Balaban J connectivity index is 1.66. The van der Waals surface area contributed by atoms with Gasteiger partial charge in [-0.15, -0.1) is 0 Å². The zero-order chi connectivity index (χ0) is 14.8. The summed E-state index contributed by atoms with van der Waals surface area (Å²) in [6.07, 6.45) is 0. The molecule has 0 heterocycles. The molecule has 0 aliphatic rings. The van der Waals surface area contributed by atoms with Gasteiger partial charge in [0.2, 0.25) is 0 Å². The molecular formula is C17H21NO3. The Morgan fingerprint density at radius 3 is 2.19 bits per heavy atom. The van der Waals surface area contributed by atoms with E-state index in [1.807, 2.05) is 54.6 Å². The molecule has 2 aromatic rings. The second kappa shape index (κ2) is 9.00. The standard InChI is InChI=1S/C17H21NO3/c18-9-10-20-16-7-4-8-17(13-16)21-12-11-19-14-15-5-2-1-3-6-15/h1-8,13H,9-12,14,18H2. The molecule has 0 aliphatic carbocycles. The molecule has 0 aromatic heterocycles. The summed E-state index contributed by atoms with van der Waals surface area (Å²) in [6, 6.07) is 17.6. The van der Waals surface area contributed by atoms with E-state index in [1.54, 1.807) is 0 Å². The zero-order valence-electron chi connectivity index (χ0n) is 12.0. The highest BCUT2D eigenvalue weighted by Gasteiger charge is 1.98. The summed E-state index contributed by atoms with van der Waals surface area (Å²) in [6.45, 7) is 2.65. The summed E-state index contributed by atoms with van der Waals surface area (Å²) >= 11 is 0. The summed E-state index contributed by atoms with van der Waals surface area (Å²) in [5, 5.41) is 0. The van der Waals surface area contributed by atoms with Crippen molar-refractivity contribution in [3.05, 3.63) is 60.2 Å². The molecule has 0 spiro atoms. The van der Waals surface area contributed by atoms with Gasteiger partial charge in [-0.3, -0.25) is 0 Å².